The number of sulfonamides is 1. The van der Waals surface area contributed by atoms with Crippen LogP contribution in [0.4, 0.5) is 4.39 Å². The molecular weight excluding hydrogens is 305 g/mol. The Bertz CT molecular complexity index is 776. The monoisotopic (exact) mass is 323 g/mol. The highest BCUT2D eigenvalue weighted by molar-refractivity contribution is 7.89. The van der Waals surface area contributed by atoms with Gasteiger partial charge in [0.05, 0.1) is 17.1 Å². The Labute approximate surface area is 129 Å². The van der Waals surface area contributed by atoms with Crippen molar-refractivity contribution in [2.45, 2.75) is 44.0 Å². The fourth-order valence-corrected chi connectivity index (χ4v) is 3.96. The topological polar surface area (TPSA) is 74.8 Å². The smallest absolute Gasteiger partial charge is 0.241 e. The number of aromatic nitrogens is 2. The average Bonchev–Trinajstić information content (AvgIpc) is 2.87. The average molecular weight is 323 g/mol. The third-order valence-corrected chi connectivity index (χ3v) is 5.42. The van der Waals surface area contributed by atoms with Gasteiger partial charge in [0.1, 0.15) is 11.6 Å². The number of aryl methyl sites for hydroxylation is 3. The van der Waals surface area contributed by atoms with Crippen LogP contribution in [-0.2, 0) is 29.4 Å². The molecule has 0 bridgehead atoms. The number of benzene rings is 1. The molecule has 0 fully saturated rings. The number of hydrogen-bond donors (Lipinski definition) is 2. The molecule has 0 spiro atoms. The summed E-state index contributed by atoms with van der Waals surface area (Å²) in [7, 11) is -3.68. The Morgan fingerprint density at radius 3 is 2.82 bits per heavy atom. The number of nitrogens with one attached hydrogen (secondary N) is 2. The van der Waals surface area contributed by atoms with Crippen molar-refractivity contribution in [2.75, 3.05) is 0 Å². The summed E-state index contributed by atoms with van der Waals surface area (Å²) in [5.41, 5.74) is 2.53. The van der Waals surface area contributed by atoms with Crippen molar-refractivity contribution in [3.8, 4) is 0 Å². The maximum absolute atomic E-state index is 13.1. The Kier molecular flexibility index (Phi) is 4.01. The summed E-state index contributed by atoms with van der Waals surface area (Å²) in [5.74, 6) is 0.172. The van der Waals surface area contributed by atoms with E-state index < -0.39 is 15.8 Å². The van der Waals surface area contributed by atoms with Gasteiger partial charge >= 0.3 is 0 Å². The summed E-state index contributed by atoms with van der Waals surface area (Å²) in [6.07, 6.45) is 4.16. The van der Waals surface area contributed by atoms with Crippen LogP contribution >= 0.6 is 0 Å². The molecule has 1 aliphatic carbocycles. The molecule has 1 aromatic carbocycles. The second kappa shape index (κ2) is 5.81. The number of hydrogen-bond acceptors (Lipinski definition) is 3. The lowest BCUT2D eigenvalue weighted by Gasteiger charge is -2.08. The number of aromatic amines is 1. The predicted molar refractivity (Wildman–Crippen MR) is 80.4 cm³/mol. The Hall–Kier alpha value is -1.73. The van der Waals surface area contributed by atoms with E-state index in [1.807, 2.05) is 0 Å². The minimum Gasteiger partial charge on any atom is -0.345 e. The number of fused-ring (bicyclic) bond motifs is 1. The molecule has 0 saturated carbocycles. The minimum atomic E-state index is -3.68. The van der Waals surface area contributed by atoms with Gasteiger partial charge in [-0.05, 0) is 56.4 Å². The van der Waals surface area contributed by atoms with Crippen molar-refractivity contribution in [1.82, 2.24) is 14.7 Å². The second-order valence-corrected chi connectivity index (χ2v) is 7.29. The quantitative estimate of drug-likeness (QED) is 0.906. The van der Waals surface area contributed by atoms with Crippen molar-refractivity contribution in [3.05, 3.63) is 46.8 Å². The standard InChI is InChI=1S/C15H18FN3O2S/c1-10-8-11(16)6-7-14(10)22(20,21)17-9-15-18-12-4-2-3-5-13(12)19-15/h6-8,17H,2-5,9H2,1H3,(H,18,19). The predicted octanol–water partition coefficient (Wildman–Crippen LogP) is 2.21. The van der Waals surface area contributed by atoms with E-state index >= 15 is 0 Å². The van der Waals surface area contributed by atoms with Gasteiger partial charge in [-0.2, -0.15) is 0 Å². The Morgan fingerprint density at radius 2 is 2.09 bits per heavy atom. The lowest BCUT2D eigenvalue weighted by atomic mass is 10.0. The molecule has 1 aromatic heterocycles. The van der Waals surface area contributed by atoms with Crippen LogP contribution in [0.1, 0.15) is 35.6 Å². The summed E-state index contributed by atoms with van der Waals surface area (Å²) in [5, 5.41) is 0. The van der Waals surface area contributed by atoms with Crippen LogP contribution in [0, 0.1) is 12.7 Å². The van der Waals surface area contributed by atoms with Crippen LogP contribution in [0.2, 0.25) is 0 Å². The first kappa shape index (κ1) is 15.2. The molecule has 3 rings (SSSR count). The van der Waals surface area contributed by atoms with E-state index in [9.17, 15) is 12.8 Å². The largest absolute Gasteiger partial charge is 0.345 e. The van der Waals surface area contributed by atoms with Gasteiger partial charge in [-0.1, -0.05) is 0 Å². The highest BCUT2D eigenvalue weighted by Gasteiger charge is 2.19. The van der Waals surface area contributed by atoms with Gasteiger partial charge < -0.3 is 4.98 Å². The van der Waals surface area contributed by atoms with Gasteiger partial charge in [-0.3, -0.25) is 0 Å². The molecule has 0 amide bonds. The molecule has 7 heteroatoms. The summed E-state index contributed by atoms with van der Waals surface area (Å²) < 4.78 is 40.2. The van der Waals surface area contributed by atoms with Gasteiger partial charge in [-0.25, -0.2) is 22.5 Å². The zero-order chi connectivity index (χ0) is 15.7. The van der Waals surface area contributed by atoms with Crippen molar-refractivity contribution in [1.29, 1.82) is 0 Å². The normalized spacial score (nSPS) is 14.8. The third kappa shape index (κ3) is 3.05. The molecule has 22 heavy (non-hydrogen) atoms. The minimum absolute atomic E-state index is 0.0882. The van der Waals surface area contributed by atoms with Crippen molar-refractivity contribution in [3.63, 3.8) is 0 Å². The lowest BCUT2D eigenvalue weighted by molar-refractivity contribution is 0.577. The van der Waals surface area contributed by atoms with E-state index in [-0.39, 0.29) is 11.4 Å². The first-order valence-corrected chi connectivity index (χ1v) is 8.76. The molecule has 0 atom stereocenters. The first-order chi connectivity index (χ1) is 10.5. The fourth-order valence-electron chi connectivity index (χ4n) is 2.75. The van der Waals surface area contributed by atoms with Crippen LogP contribution in [0.25, 0.3) is 0 Å². The van der Waals surface area contributed by atoms with Gasteiger partial charge in [-0.15, -0.1) is 0 Å². The molecule has 5 nitrogen and oxygen atoms in total. The van der Waals surface area contributed by atoms with E-state index in [4.69, 9.17) is 0 Å². The van der Waals surface area contributed by atoms with E-state index in [1.165, 1.54) is 12.1 Å². The van der Waals surface area contributed by atoms with Crippen LogP contribution in [0.15, 0.2) is 23.1 Å². The number of rotatable bonds is 4. The molecule has 2 N–H and O–H groups in total. The van der Waals surface area contributed by atoms with Crippen molar-refractivity contribution >= 4 is 10.0 Å². The van der Waals surface area contributed by atoms with E-state index in [1.54, 1.807) is 6.92 Å². The summed E-state index contributed by atoms with van der Waals surface area (Å²) >= 11 is 0. The summed E-state index contributed by atoms with van der Waals surface area (Å²) in [4.78, 5) is 7.71. The number of halogens is 1. The zero-order valence-electron chi connectivity index (χ0n) is 12.3. The van der Waals surface area contributed by atoms with Gasteiger partial charge in [0, 0.05) is 5.69 Å². The molecular formula is C15H18FN3O2S. The van der Waals surface area contributed by atoms with Crippen LogP contribution in [-0.4, -0.2) is 18.4 Å². The Balaban J connectivity index is 1.76. The van der Waals surface area contributed by atoms with Crippen LogP contribution in [0.3, 0.4) is 0 Å². The van der Waals surface area contributed by atoms with Gasteiger partial charge in [0.2, 0.25) is 10.0 Å². The molecule has 118 valence electrons. The maximum Gasteiger partial charge on any atom is 0.241 e. The molecule has 0 radical (unpaired) electrons. The number of H-pyrrole nitrogens is 1. The second-order valence-electron chi connectivity index (χ2n) is 5.55. The summed E-state index contributed by atoms with van der Waals surface area (Å²) in [6.45, 7) is 1.68. The summed E-state index contributed by atoms with van der Waals surface area (Å²) in [6, 6.07) is 3.63. The lowest BCUT2D eigenvalue weighted by Crippen LogP contribution is -2.24. The third-order valence-electron chi connectivity index (χ3n) is 3.86. The molecule has 0 aliphatic heterocycles. The molecule has 0 saturated heterocycles. The Morgan fingerprint density at radius 1 is 1.32 bits per heavy atom. The molecule has 1 aliphatic rings. The first-order valence-electron chi connectivity index (χ1n) is 7.28. The van der Waals surface area contributed by atoms with Gasteiger partial charge in [0.15, 0.2) is 0 Å². The molecule has 2 aromatic rings. The van der Waals surface area contributed by atoms with Crippen molar-refractivity contribution < 1.29 is 12.8 Å². The molecule has 0 unspecified atom stereocenters. The number of imidazole rings is 1. The SMILES string of the molecule is Cc1cc(F)ccc1S(=O)(=O)NCc1nc2c([nH]1)CCCC2. The highest BCUT2D eigenvalue weighted by Crippen LogP contribution is 2.19. The van der Waals surface area contributed by atoms with Crippen molar-refractivity contribution in [2.24, 2.45) is 0 Å². The van der Waals surface area contributed by atoms with E-state index in [0.717, 1.165) is 43.1 Å². The number of nitrogens with zero attached hydrogens (tertiary/aromatic N) is 1. The van der Waals surface area contributed by atoms with Crippen LogP contribution < -0.4 is 4.72 Å². The maximum atomic E-state index is 13.1. The fraction of sp³-hybridized carbons (Fsp3) is 0.400. The van der Waals surface area contributed by atoms with E-state index in [2.05, 4.69) is 14.7 Å². The van der Waals surface area contributed by atoms with E-state index in [0.29, 0.717) is 11.4 Å². The molecule has 1 heterocycles. The highest BCUT2D eigenvalue weighted by atomic mass is 32.2. The van der Waals surface area contributed by atoms with Gasteiger partial charge in [0.25, 0.3) is 0 Å². The van der Waals surface area contributed by atoms with Crippen LogP contribution in [0.5, 0.6) is 0 Å². The zero-order valence-corrected chi connectivity index (χ0v) is 13.1.